The molecule has 106 valence electrons. The molecule has 0 spiro atoms. The number of hydrogen-bond acceptors (Lipinski definition) is 4. The number of anilines is 1. The molecule has 1 heterocycles. The van der Waals surface area contributed by atoms with Crippen LogP contribution in [0.15, 0.2) is 42.6 Å². The van der Waals surface area contributed by atoms with Gasteiger partial charge < -0.3 is 14.8 Å². The zero-order valence-electron chi connectivity index (χ0n) is 12.1. The summed E-state index contributed by atoms with van der Waals surface area (Å²) in [7, 11) is 1.64. The number of benzene rings is 1. The quantitative estimate of drug-likeness (QED) is 0.876. The summed E-state index contributed by atoms with van der Waals surface area (Å²) in [6, 6.07) is 11.6. The lowest BCUT2D eigenvalue weighted by molar-refractivity contribution is 0.223. The zero-order valence-corrected chi connectivity index (χ0v) is 12.1. The number of hydrogen-bond donors (Lipinski definition) is 1. The Hall–Kier alpha value is -2.23. The van der Waals surface area contributed by atoms with Gasteiger partial charge in [-0.05, 0) is 38.1 Å². The highest BCUT2D eigenvalue weighted by Gasteiger charge is 2.08. The van der Waals surface area contributed by atoms with Crippen LogP contribution < -0.4 is 14.8 Å². The molecule has 0 amide bonds. The predicted octanol–water partition coefficient (Wildman–Crippen LogP) is 3.28. The summed E-state index contributed by atoms with van der Waals surface area (Å²) in [5.41, 5.74) is 2.04. The fourth-order valence-corrected chi connectivity index (χ4v) is 1.89. The molecule has 4 nitrogen and oxygen atoms in total. The molecule has 1 aromatic carbocycles. The molecule has 1 unspecified atom stereocenters. The van der Waals surface area contributed by atoms with Gasteiger partial charge in [-0.25, -0.2) is 0 Å². The Morgan fingerprint density at radius 3 is 2.65 bits per heavy atom. The number of nitrogens with zero attached hydrogens (tertiary/aromatic N) is 1. The first-order chi connectivity index (χ1) is 9.69. The molecule has 2 aromatic rings. The van der Waals surface area contributed by atoms with Crippen molar-refractivity contribution in [3.63, 3.8) is 0 Å². The van der Waals surface area contributed by atoms with Crippen molar-refractivity contribution in [1.29, 1.82) is 0 Å². The van der Waals surface area contributed by atoms with Gasteiger partial charge in [0.05, 0.1) is 13.7 Å². The average molecular weight is 272 g/mol. The number of pyridine rings is 1. The van der Waals surface area contributed by atoms with E-state index in [1.807, 2.05) is 50.2 Å². The highest BCUT2D eigenvalue weighted by atomic mass is 16.5. The molecule has 0 bridgehead atoms. The van der Waals surface area contributed by atoms with Gasteiger partial charge in [0.2, 0.25) is 0 Å². The zero-order chi connectivity index (χ0) is 14.4. The summed E-state index contributed by atoms with van der Waals surface area (Å²) in [4.78, 5) is 4.17. The van der Waals surface area contributed by atoms with E-state index in [1.165, 1.54) is 0 Å². The predicted molar refractivity (Wildman–Crippen MR) is 80.5 cm³/mol. The molecular formula is C16H20N2O2. The number of methoxy groups -OCH3 is 1. The van der Waals surface area contributed by atoms with E-state index in [9.17, 15) is 0 Å². The summed E-state index contributed by atoms with van der Waals surface area (Å²) in [6.45, 7) is 4.70. The van der Waals surface area contributed by atoms with Crippen LogP contribution in [0.3, 0.4) is 0 Å². The van der Waals surface area contributed by atoms with Crippen LogP contribution in [-0.2, 0) is 0 Å². The Morgan fingerprint density at radius 1 is 1.20 bits per heavy atom. The third-order valence-electron chi connectivity index (χ3n) is 2.89. The van der Waals surface area contributed by atoms with Crippen LogP contribution >= 0.6 is 0 Å². The average Bonchev–Trinajstić information content (AvgIpc) is 2.46. The van der Waals surface area contributed by atoms with Gasteiger partial charge in [0.15, 0.2) is 11.5 Å². The molecule has 0 aliphatic carbocycles. The molecule has 0 saturated heterocycles. The van der Waals surface area contributed by atoms with E-state index in [0.717, 1.165) is 22.9 Å². The summed E-state index contributed by atoms with van der Waals surface area (Å²) >= 11 is 0. The van der Waals surface area contributed by atoms with Gasteiger partial charge >= 0.3 is 0 Å². The number of rotatable bonds is 6. The minimum absolute atomic E-state index is 0.0276. The molecule has 0 radical (unpaired) electrons. The van der Waals surface area contributed by atoms with Crippen molar-refractivity contribution in [3.05, 3.63) is 48.3 Å². The number of aromatic nitrogens is 1. The Balaban J connectivity index is 1.91. The van der Waals surface area contributed by atoms with Crippen LogP contribution in [0.4, 0.5) is 5.69 Å². The van der Waals surface area contributed by atoms with Crippen LogP contribution in [0.5, 0.6) is 11.5 Å². The second-order valence-electron chi connectivity index (χ2n) is 4.65. The van der Waals surface area contributed by atoms with Gasteiger partial charge in [-0.1, -0.05) is 12.1 Å². The Morgan fingerprint density at radius 2 is 1.95 bits per heavy atom. The first-order valence-corrected chi connectivity index (χ1v) is 6.65. The van der Waals surface area contributed by atoms with Crippen molar-refractivity contribution < 1.29 is 9.47 Å². The van der Waals surface area contributed by atoms with E-state index >= 15 is 0 Å². The van der Waals surface area contributed by atoms with E-state index in [1.54, 1.807) is 13.3 Å². The highest BCUT2D eigenvalue weighted by molar-refractivity contribution is 5.43. The Bertz CT molecular complexity index is 558. The fourth-order valence-electron chi connectivity index (χ4n) is 1.89. The maximum atomic E-state index is 5.89. The molecule has 0 fully saturated rings. The monoisotopic (exact) mass is 272 g/mol. The van der Waals surface area contributed by atoms with E-state index in [-0.39, 0.29) is 6.10 Å². The van der Waals surface area contributed by atoms with Crippen LogP contribution in [0.1, 0.15) is 12.6 Å². The molecule has 1 N–H and O–H groups in total. The summed E-state index contributed by atoms with van der Waals surface area (Å²) < 4.78 is 11.2. The molecular weight excluding hydrogens is 252 g/mol. The largest absolute Gasteiger partial charge is 0.493 e. The number of para-hydroxylation sites is 2. The minimum Gasteiger partial charge on any atom is -0.493 e. The number of ether oxygens (including phenoxy) is 2. The fraction of sp³-hybridized carbons (Fsp3) is 0.312. The number of aryl methyl sites for hydroxylation is 1. The van der Waals surface area contributed by atoms with Crippen LogP contribution in [0.25, 0.3) is 0 Å². The van der Waals surface area contributed by atoms with Crippen molar-refractivity contribution in [2.24, 2.45) is 0 Å². The standard InChI is InChI=1S/C16H20N2O2/c1-12-10-14(8-9-17-12)18-11-13(2)20-16-7-5-4-6-15(16)19-3/h4-10,13H,11H2,1-3H3,(H,17,18). The van der Waals surface area contributed by atoms with E-state index in [2.05, 4.69) is 10.3 Å². The van der Waals surface area contributed by atoms with Crippen LogP contribution in [0, 0.1) is 6.92 Å². The number of nitrogens with one attached hydrogen (secondary N) is 1. The minimum atomic E-state index is 0.0276. The second-order valence-corrected chi connectivity index (χ2v) is 4.65. The Labute approximate surface area is 119 Å². The molecule has 20 heavy (non-hydrogen) atoms. The highest BCUT2D eigenvalue weighted by Crippen LogP contribution is 2.26. The topological polar surface area (TPSA) is 43.4 Å². The Kier molecular flexibility index (Phi) is 4.82. The third kappa shape index (κ3) is 3.88. The van der Waals surface area contributed by atoms with Crippen molar-refractivity contribution in [1.82, 2.24) is 4.98 Å². The lowest BCUT2D eigenvalue weighted by Crippen LogP contribution is -2.22. The second kappa shape index (κ2) is 6.80. The molecule has 0 aliphatic rings. The summed E-state index contributed by atoms with van der Waals surface area (Å²) in [5, 5.41) is 3.34. The first-order valence-electron chi connectivity index (χ1n) is 6.65. The molecule has 0 saturated carbocycles. The van der Waals surface area contributed by atoms with Crippen LogP contribution in [0.2, 0.25) is 0 Å². The van der Waals surface area contributed by atoms with Crippen molar-refractivity contribution in [3.8, 4) is 11.5 Å². The SMILES string of the molecule is COc1ccccc1OC(C)CNc1ccnc(C)c1. The first kappa shape index (κ1) is 14.2. The van der Waals surface area contributed by atoms with Crippen molar-refractivity contribution in [2.45, 2.75) is 20.0 Å². The lowest BCUT2D eigenvalue weighted by Gasteiger charge is -2.18. The van der Waals surface area contributed by atoms with Crippen LogP contribution in [-0.4, -0.2) is 24.7 Å². The van der Waals surface area contributed by atoms with E-state index < -0.39 is 0 Å². The lowest BCUT2D eigenvalue weighted by atomic mass is 10.3. The van der Waals surface area contributed by atoms with Gasteiger partial charge in [0.25, 0.3) is 0 Å². The maximum absolute atomic E-state index is 5.89. The van der Waals surface area contributed by atoms with E-state index in [0.29, 0.717) is 6.54 Å². The summed E-state index contributed by atoms with van der Waals surface area (Å²) in [6.07, 6.45) is 1.82. The van der Waals surface area contributed by atoms with Gasteiger partial charge in [0.1, 0.15) is 6.10 Å². The molecule has 1 aromatic heterocycles. The maximum Gasteiger partial charge on any atom is 0.161 e. The van der Waals surface area contributed by atoms with Crippen molar-refractivity contribution in [2.75, 3.05) is 19.0 Å². The smallest absolute Gasteiger partial charge is 0.161 e. The normalized spacial score (nSPS) is 11.8. The van der Waals surface area contributed by atoms with Crippen molar-refractivity contribution >= 4 is 5.69 Å². The van der Waals surface area contributed by atoms with Gasteiger partial charge in [-0.15, -0.1) is 0 Å². The molecule has 0 aliphatic heterocycles. The van der Waals surface area contributed by atoms with Gasteiger partial charge in [0, 0.05) is 17.6 Å². The van der Waals surface area contributed by atoms with Gasteiger partial charge in [-0.2, -0.15) is 0 Å². The third-order valence-corrected chi connectivity index (χ3v) is 2.89. The molecule has 2 rings (SSSR count). The molecule has 4 heteroatoms. The summed E-state index contributed by atoms with van der Waals surface area (Å²) in [5.74, 6) is 1.51. The van der Waals surface area contributed by atoms with E-state index in [4.69, 9.17) is 9.47 Å². The van der Waals surface area contributed by atoms with Gasteiger partial charge in [-0.3, -0.25) is 4.98 Å². The molecule has 1 atom stereocenters.